The molecule has 2 fully saturated rings. The lowest BCUT2D eigenvalue weighted by Gasteiger charge is -2.37. The number of nitrogens with zero attached hydrogens (tertiary/aromatic N) is 1. The van der Waals surface area contributed by atoms with Crippen LogP contribution in [0.4, 0.5) is 0 Å². The second-order valence-electron chi connectivity index (χ2n) is 7.60. The first-order valence-electron chi connectivity index (χ1n) is 9.16. The predicted octanol–water partition coefficient (Wildman–Crippen LogP) is 2.76. The van der Waals surface area contributed by atoms with Gasteiger partial charge in [0.1, 0.15) is 11.4 Å². The zero-order chi connectivity index (χ0) is 17.7. The molecular weight excluding hydrogens is 328 g/mol. The molecule has 1 N–H and O–H groups in total. The van der Waals surface area contributed by atoms with Crippen LogP contribution in [0.1, 0.15) is 35.2 Å². The Labute approximate surface area is 151 Å². The summed E-state index contributed by atoms with van der Waals surface area (Å²) in [7, 11) is 0. The standard InChI is InChI=1S/C21H20N2O3/c24-16-10-21(26-17-6-2-1-5-14(16)17)8-7-15-18(19(15)21)20(25)23-12-13-4-3-9-22-11-13/h1-6,9,11,15,18-19H,7-8,10,12H2,(H,23,25)/t15-,18+,19-,21+/m1/s1. The number of ether oxygens (including phenoxy) is 1. The summed E-state index contributed by atoms with van der Waals surface area (Å²) >= 11 is 0. The second-order valence-corrected chi connectivity index (χ2v) is 7.60. The summed E-state index contributed by atoms with van der Waals surface area (Å²) in [6, 6.07) is 11.2. The van der Waals surface area contributed by atoms with Crippen molar-refractivity contribution in [3.05, 3.63) is 59.9 Å². The number of carbonyl (C=O) groups is 2. The summed E-state index contributed by atoms with van der Waals surface area (Å²) in [5.41, 5.74) is 1.16. The van der Waals surface area contributed by atoms with Crippen molar-refractivity contribution in [1.29, 1.82) is 0 Å². The van der Waals surface area contributed by atoms with Crippen molar-refractivity contribution >= 4 is 11.7 Å². The number of fused-ring (bicyclic) bond motifs is 3. The molecule has 2 aliphatic carbocycles. The number of nitrogens with one attached hydrogen (secondary N) is 1. The largest absolute Gasteiger partial charge is 0.486 e. The summed E-state index contributed by atoms with van der Waals surface area (Å²) in [5, 5.41) is 3.02. The lowest BCUT2D eigenvalue weighted by atomic mass is 9.84. The van der Waals surface area contributed by atoms with E-state index < -0.39 is 5.60 Å². The Balaban J connectivity index is 1.31. The molecule has 2 heterocycles. The van der Waals surface area contributed by atoms with E-state index in [1.165, 1.54) is 0 Å². The van der Waals surface area contributed by atoms with Crippen LogP contribution in [0, 0.1) is 17.8 Å². The molecule has 0 unspecified atom stereocenters. The van der Waals surface area contributed by atoms with Crippen LogP contribution >= 0.6 is 0 Å². The quantitative estimate of drug-likeness (QED) is 0.926. The number of hydrogen-bond acceptors (Lipinski definition) is 4. The topological polar surface area (TPSA) is 68.3 Å². The van der Waals surface area contributed by atoms with Gasteiger partial charge in [0.05, 0.1) is 12.0 Å². The summed E-state index contributed by atoms with van der Waals surface area (Å²) in [6.45, 7) is 0.484. The Bertz CT molecular complexity index is 882. The van der Waals surface area contributed by atoms with Gasteiger partial charge in [-0.1, -0.05) is 18.2 Å². The third-order valence-electron chi connectivity index (χ3n) is 6.13. The van der Waals surface area contributed by atoms with E-state index in [1.807, 2.05) is 36.4 Å². The number of pyridine rings is 1. The minimum Gasteiger partial charge on any atom is -0.486 e. The molecule has 5 rings (SSSR count). The fourth-order valence-corrected chi connectivity index (χ4v) is 4.93. The zero-order valence-electron chi connectivity index (χ0n) is 14.4. The number of ketones is 1. The lowest BCUT2D eigenvalue weighted by Crippen LogP contribution is -2.44. The maximum atomic E-state index is 12.7. The lowest BCUT2D eigenvalue weighted by molar-refractivity contribution is -0.124. The van der Waals surface area contributed by atoms with Crippen LogP contribution < -0.4 is 10.1 Å². The van der Waals surface area contributed by atoms with Gasteiger partial charge in [0.2, 0.25) is 5.91 Å². The van der Waals surface area contributed by atoms with Gasteiger partial charge < -0.3 is 10.1 Å². The highest BCUT2D eigenvalue weighted by Crippen LogP contribution is 2.65. The molecule has 1 aromatic carbocycles. The first-order chi connectivity index (χ1) is 12.7. The number of aromatic nitrogens is 1. The first kappa shape index (κ1) is 15.6. The molecule has 0 bridgehead atoms. The molecule has 132 valence electrons. The Morgan fingerprint density at radius 2 is 2.15 bits per heavy atom. The van der Waals surface area contributed by atoms with Crippen molar-refractivity contribution in [3.63, 3.8) is 0 Å². The maximum Gasteiger partial charge on any atom is 0.224 e. The highest BCUT2D eigenvalue weighted by molar-refractivity contribution is 6.00. The highest BCUT2D eigenvalue weighted by atomic mass is 16.5. The molecule has 5 nitrogen and oxygen atoms in total. The Hall–Kier alpha value is -2.69. The summed E-state index contributed by atoms with van der Waals surface area (Å²) in [4.78, 5) is 29.4. The predicted molar refractivity (Wildman–Crippen MR) is 94.5 cm³/mol. The van der Waals surface area contributed by atoms with E-state index in [-0.39, 0.29) is 23.5 Å². The van der Waals surface area contributed by atoms with Crippen molar-refractivity contribution in [1.82, 2.24) is 10.3 Å². The third kappa shape index (κ3) is 2.34. The minimum atomic E-state index is -0.494. The molecule has 5 heteroatoms. The van der Waals surface area contributed by atoms with E-state index in [4.69, 9.17) is 4.74 Å². The van der Waals surface area contributed by atoms with Gasteiger partial charge in [0, 0.05) is 30.8 Å². The number of benzene rings is 1. The molecule has 2 saturated carbocycles. The highest BCUT2D eigenvalue weighted by Gasteiger charge is 2.70. The van der Waals surface area contributed by atoms with Crippen LogP contribution in [0.3, 0.4) is 0 Å². The van der Waals surface area contributed by atoms with Crippen LogP contribution in [0.25, 0.3) is 0 Å². The van der Waals surface area contributed by atoms with E-state index in [0.29, 0.717) is 30.2 Å². The van der Waals surface area contributed by atoms with Gasteiger partial charge in [-0.25, -0.2) is 0 Å². The van der Waals surface area contributed by atoms with Gasteiger partial charge in [0.15, 0.2) is 5.78 Å². The molecule has 1 aliphatic heterocycles. The van der Waals surface area contributed by atoms with Gasteiger partial charge in [-0.05, 0) is 42.5 Å². The van der Waals surface area contributed by atoms with Crippen LogP contribution in [-0.2, 0) is 11.3 Å². The molecule has 1 amide bonds. The van der Waals surface area contributed by atoms with Gasteiger partial charge in [-0.2, -0.15) is 0 Å². The Morgan fingerprint density at radius 3 is 3.00 bits per heavy atom. The van der Waals surface area contributed by atoms with Crippen molar-refractivity contribution < 1.29 is 14.3 Å². The van der Waals surface area contributed by atoms with Crippen LogP contribution in [0.15, 0.2) is 48.8 Å². The van der Waals surface area contributed by atoms with Crippen LogP contribution in [0.5, 0.6) is 5.75 Å². The molecule has 1 aromatic heterocycles. The molecular formula is C21H20N2O3. The van der Waals surface area contributed by atoms with Crippen LogP contribution in [-0.4, -0.2) is 22.3 Å². The van der Waals surface area contributed by atoms with E-state index >= 15 is 0 Å². The number of hydrogen-bond donors (Lipinski definition) is 1. The number of rotatable bonds is 3. The molecule has 0 saturated heterocycles. The van der Waals surface area contributed by atoms with Gasteiger partial charge >= 0.3 is 0 Å². The molecule has 26 heavy (non-hydrogen) atoms. The van der Waals surface area contributed by atoms with E-state index in [1.54, 1.807) is 12.4 Å². The fourth-order valence-electron chi connectivity index (χ4n) is 4.93. The van der Waals surface area contributed by atoms with Gasteiger partial charge in [-0.15, -0.1) is 0 Å². The number of para-hydroxylation sites is 1. The van der Waals surface area contributed by atoms with E-state index in [0.717, 1.165) is 18.4 Å². The summed E-state index contributed by atoms with van der Waals surface area (Å²) in [5.74, 6) is 1.31. The molecule has 3 aliphatic rings. The molecule has 4 atom stereocenters. The summed E-state index contributed by atoms with van der Waals surface area (Å²) in [6.07, 6.45) is 5.67. The van der Waals surface area contributed by atoms with Gasteiger partial charge in [-0.3, -0.25) is 14.6 Å². The van der Waals surface area contributed by atoms with Gasteiger partial charge in [0.25, 0.3) is 0 Å². The SMILES string of the molecule is O=C1C[C@]2(CC[C@@H]3[C@H](C(=O)NCc4cccnc4)[C@@H]32)Oc2ccccc21. The smallest absolute Gasteiger partial charge is 0.224 e. The van der Waals surface area contributed by atoms with Crippen molar-refractivity contribution in [2.75, 3.05) is 0 Å². The zero-order valence-corrected chi connectivity index (χ0v) is 14.4. The first-order valence-corrected chi connectivity index (χ1v) is 9.16. The van der Waals surface area contributed by atoms with E-state index in [2.05, 4.69) is 10.3 Å². The summed E-state index contributed by atoms with van der Waals surface area (Å²) < 4.78 is 6.34. The fraction of sp³-hybridized carbons (Fsp3) is 0.381. The Morgan fingerprint density at radius 1 is 1.27 bits per heavy atom. The van der Waals surface area contributed by atoms with Crippen molar-refractivity contribution in [3.8, 4) is 5.75 Å². The Kier molecular flexibility index (Phi) is 3.39. The monoisotopic (exact) mass is 348 g/mol. The second kappa shape index (κ2) is 5.66. The van der Waals surface area contributed by atoms with E-state index in [9.17, 15) is 9.59 Å². The number of amides is 1. The average molecular weight is 348 g/mol. The third-order valence-corrected chi connectivity index (χ3v) is 6.13. The average Bonchev–Trinajstić information content (AvgIpc) is 3.32. The molecule has 0 radical (unpaired) electrons. The van der Waals surface area contributed by atoms with Crippen LogP contribution in [0.2, 0.25) is 0 Å². The van der Waals surface area contributed by atoms with Crippen molar-refractivity contribution in [2.24, 2.45) is 17.8 Å². The molecule has 2 aromatic rings. The number of carbonyl (C=O) groups excluding carboxylic acids is 2. The normalized spacial score (nSPS) is 31.1. The minimum absolute atomic E-state index is 0.0431. The van der Waals surface area contributed by atoms with Crippen molar-refractivity contribution in [2.45, 2.75) is 31.4 Å². The molecule has 1 spiro atoms. The maximum absolute atomic E-state index is 12.7. The number of Topliss-reactive ketones (excluding diaryl/α,β-unsaturated/α-hetero) is 1.